The Bertz CT molecular complexity index is 724. The largest absolute Gasteiger partial charge is 0.444 e. The fourth-order valence-corrected chi connectivity index (χ4v) is 3.13. The number of nitrogens with zero attached hydrogens (tertiary/aromatic N) is 2. The number of rotatable bonds is 7. The Kier molecular flexibility index (Phi) is 7.79. The van der Waals surface area contributed by atoms with Crippen LogP contribution in [0.5, 0.6) is 0 Å². The summed E-state index contributed by atoms with van der Waals surface area (Å²) in [6.07, 6.45) is 0.647. The molecule has 1 atom stereocenters. The van der Waals surface area contributed by atoms with E-state index in [1.807, 2.05) is 32.0 Å². The number of carbonyl (C=O) groups is 3. The fourth-order valence-electron chi connectivity index (χ4n) is 3.13. The van der Waals surface area contributed by atoms with Crippen LogP contribution in [0.4, 0.5) is 4.79 Å². The van der Waals surface area contributed by atoms with Gasteiger partial charge in [-0.1, -0.05) is 25.1 Å². The highest BCUT2D eigenvalue weighted by atomic mass is 16.6. The first-order valence-electron chi connectivity index (χ1n) is 9.60. The molecule has 0 heterocycles. The second-order valence-corrected chi connectivity index (χ2v) is 8.34. The molecule has 0 radical (unpaired) electrons. The third kappa shape index (κ3) is 5.57. The van der Waals surface area contributed by atoms with E-state index in [4.69, 9.17) is 4.74 Å². The van der Waals surface area contributed by atoms with Gasteiger partial charge in [0.2, 0.25) is 5.91 Å². The van der Waals surface area contributed by atoms with Gasteiger partial charge in [-0.2, -0.15) is 0 Å². The lowest BCUT2D eigenvalue weighted by Gasteiger charge is -2.44. The van der Waals surface area contributed by atoms with Crippen molar-refractivity contribution >= 4 is 18.3 Å². The van der Waals surface area contributed by atoms with Gasteiger partial charge >= 0.3 is 6.09 Å². The number of benzene rings is 1. The molecule has 1 aromatic carbocycles. The molecule has 0 unspecified atom stereocenters. The van der Waals surface area contributed by atoms with Crippen LogP contribution in [0.3, 0.4) is 0 Å². The second-order valence-electron chi connectivity index (χ2n) is 8.34. The van der Waals surface area contributed by atoms with Crippen LogP contribution in [-0.4, -0.2) is 54.3 Å². The summed E-state index contributed by atoms with van der Waals surface area (Å²) in [5.74, 6) is -0.0586. The molecule has 0 fully saturated rings. The predicted octanol–water partition coefficient (Wildman–Crippen LogP) is 3.82. The lowest BCUT2D eigenvalue weighted by atomic mass is 9.83. The molecule has 0 saturated heterocycles. The van der Waals surface area contributed by atoms with Crippen molar-refractivity contribution in [1.29, 1.82) is 0 Å². The molecule has 156 valence electrons. The normalized spacial score (nSPS) is 13.4. The molecule has 0 N–H and O–H groups in total. The highest BCUT2D eigenvalue weighted by Gasteiger charge is 2.42. The van der Waals surface area contributed by atoms with Crippen LogP contribution in [0, 0.1) is 13.8 Å². The summed E-state index contributed by atoms with van der Waals surface area (Å²) in [5.41, 5.74) is 1.26. The number of likely N-dealkylation sites (N-methyl/N-ethyl adjacent to an activating group) is 2. The molecule has 1 aromatic rings. The van der Waals surface area contributed by atoms with Gasteiger partial charge < -0.3 is 14.4 Å². The van der Waals surface area contributed by atoms with E-state index in [0.29, 0.717) is 6.42 Å². The number of hydrogen-bond donors (Lipinski definition) is 0. The average molecular weight is 391 g/mol. The van der Waals surface area contributed by atoms with Gasteiger partial charge in [-0.15, -0.1) is 0 Å². The minimum absolute atomic E-state index is 0.0482. The first-order chi connectivity index (χ1) is 12.9. The van der Waals surface area contributed by atoms with Gasteiger partial charge in [0.25, 0.3) is 0 Å². The maximum atomic E-state index is 12.9. The molecular formula is C22H34N2O4. The highest BCUT2D eigenvalue weighted by molar-refractivity contribution is 5.76. The van der Waals surface area contributed by atoms with Crippen molar-refractivity contribution in [3.05, 3.63) is 34.9 Å². The first kappa shape index (κ1) is 23.7. The maximum absolute atomic E-state index is 12.9. The Hall–Kier alpha value is -2.37. The molecule has 0 aliphatic heterocycles. The van der Waals surface area contributed by atoms with Crippen molar-refractivity contribution in [2.45, 2.75) is 65.5 Å². The van der Waals surface area contributed by atoms with E-state index in [2.05, 4.69) is 0 Å². The van der Waals surface area contributed by atoms with E-state index in [0.717, 1.165) is 23.0 Å². The van der Waals surface area contributed by atoms with Crippen molar-refractivity contribution in [2.24, 2.45) is 0 Å². The van der Waals surface area contributed by atoms with Crippen molar-refractivity contribution in [3.8, 4) is 0 Å². The van der Waals surface area contributed by atoms with Gasteiger partial charge in [0.1, 0.15) is 11.9 Å². The van der Waals surface area contributed by atoms with Crippen LogP contribution >= 0.6 is 0 Å². The number of aryl methyl sites for hydroxylation is 2. The van der Waals surface area contributed by atoms with Crippen LogP contribution in [0.25, 0.3) is 0 Å². The van der Waals surface area contributed by atoms with E-state index in [1.54, 1.807) is 46.7 Å². The Balaban J connectivity index is 3.55. The second kappa shape index (κ2) is 9.22. The molecule has 6 heteroatoms. The quantitative estimate of drug-likeness (QED) is 0.664. The van der Waals surface area contributed by atoms with Crippen LogP contribution in [0.1, 0.15) is 57.2 Å². The summed E-state index contributed by atoms with van der Waals surface area (Å²) in [5, 5.41) is 0. The van der Waals surface area contributed by atoms with Crippen LogP contribution in [0.15, 0.2) is 18.2 Å². The number of carbonyl (C=O) groups excluding carboxylic acids is 3. The van der Waals surface area contributed by atoms with Crippen LogP contribution in [-0.2, 0) is 19.9 Å². The smallest absolute Gasteiger partial charge is 0.410 e. The molecule has 1 rings (SSSR count). The Morgan fingerprint density at radius 1 is 1.11 bits per heavy atom. The summed E-state index contributed by atoms with van der Waals surface area (Å²) in [6, 6.07) is 5.86. The van der Waals surface area contributed by atoms with E-state index < -0.39 is 17.2 Å². The standard InChI is InChI=1S/C22H34N2O4/c1-9-19(26)23(7)15-22(12-13-25,18-11-10-16(2)17(3)14-18)24(8)20(27)28-21(4,5)6/h10-11,13-14H,9,12,15H2,1-8H3/t22-/m1/s1. The SMILES string of the molecule is CCC(=O)N(C)C[C@](CC=O)(c1ccc(C)c(C)c1)N(C)C(=O)OC(C)(C)C. The summed E-state index contributed by atoms with van der Waals surface area (Å²) < 4.78 is 5.56. The Morgan fingerprint density at radius 2 is 1.71 bits per heavy atom. The third-order valence-corrected chi connectivity index (χ3v) is 5.00. The predicted molar refractivity (Wildman–Crippen MR) is 110 cm³/mol. The van der Waals surface area contributed by atoms with Crippen molar-refractivity contribution in [2.75, 3.05) is 20.6 Å². The summed E-state index contributed by atoms with van der Waals surface area (Å²) in [6.45, 7) is 11.4. The van der Waals surface area contributed by atoms with E-state index in [9.17, 15) is 14.4 Å². The molecule has 28 heavy (non-hydrogen) atoms. The highest BCUT2D eigenvalue weighted by Crippen LogP contribution is 2.34. The maximum Gasteiger partial charge on any atom is 0.410 e. The van der Waals surface area contributed by atoms with Gasteiger partial charge in [0, 0.05) is 33.5 Å². The zero-order valence-electron chi connectivity index (χ0n) is 18.5. The Morgan fingerprint density at radius 3 is 2.18 bits per heavy atom. The number of ether oxygens (including phenoxy) is 1. The minimum atomic E-state index is -1.03. The molecule has 0 bridgehead atoms. The van der Waals surface area contributed by atoms with Crippen molar-refractivity contribution in [1.82, 2.24) is 9.80 Å². The number of hydrogen-bond acceptors (Lipinski definition) is 4. The van der Waals surface area contributed by atoms with Gasteiger partial charge in [-0.25, -0.2) is 4.79 Å². The van der Waals surface area contributed by atoms with Crippen molar-refractivity contribution < 1.29 is 19.1 Å². The monoisotopic (exact) mass is 390 g/mol. The molecule has 0 aromatic heterocycles. The van der Waals surface area contributed by atoms with E-state index in [1.165, 1.54) is 4.90 Å². The average Bonchev–Trinajstić information content (AvgIpc) is 2.60. The van der Waals surface area contributed by atoms with E-state index >= 15 is 0 Å². The molecule has 6 nitrogen and oxygen atoms in total. The van der Waals surface area contributed by atoms with Crippen molar-refractivity contribution in [3.63, 3.8) is 0 Å². The lowest BCUT2D eigenvalue weighted by molar-refractivity contribution is -0.132. The molecule has 0 aliphatic rings. The number of amides is 2. The summed E-state index contributed by atoms with van der Waals surface area (Å²) >= 11 is 0. The van der Waals surface area contributed by atoms with Gasteiger partial charge in [-0.3, -0.25) is 9.69 Å². The lowest BCUT2D eigenvalue weighted by Crippen LogP contribution is -2.55. The number of aldehydes is 1. The van der Waals surface area contributed by atoms with Gasteiger partial charge in [0.05, 0.1) is 5.54 Å². The molecule has 0 spiro atoms. The molecule has 0 aliphatic carbocycles. The van der Waals surface area contributed by atoms with Gasteiger partial charge in [0.15, 0.2) is 0 Å². The topological polar surface area (TPSA) is 66.9 Å². The molecule has 0 saturated carbocycles. The van der Waals surface area contributed by atoms with Gasteiger partial charge in [-0.05, 0) is 51.3 Å². The van der Waals surface area contributed by atoms with Crippen LogP contribution < -0.4 is 0 Å². The van der Waals surface area contributed by atoms with Crippen LogP contribution in [0.2, 0.25) is 0 Å². The summed E-state index contributed by atoms with van der Waals surface area (Å²) in [7, 11) is 3.31. The molecular weight excluding hydrogens is 356 g/mol. The first-order valence-corrected chi connectivity index (χ1v) is 9.60. The zero-order valence-corrected chi connectivity index (χ0v) is 18.5. The zero-order chi connectivity index (χ0) is 21.7. The third-order valence-electron chi connectivity index (χ3n) is 5.00. The van der Waals surface area contributed by atoms with E-state index in [-0.39, 0.29) is 18.9 Å². The fraction of sp³-hybridized carbons (Fsp3) is 0.591. The Labute approximate surface area is 168 Å². The molecule has 2 amide bonds. The minimum Gasteiger partial charge on any atom is -0.444 e. The summed E-state index contributed by atoms with van der Waals surface area (Å²) in [4.78, 5) is 39.9.